The van der Waals surface area contributed by atoms with Crippen LogP contribution in [0, 0.1) is 0 Å². The minimum absolute atomic E-state index is 0.180. The summed E-state index contributed by atoms with van der Waals surface area (Å²) < 4.78 is 5.25. The largest absolute Gasteiger partial charge is 0.489 e. The van der Waals surface area contributed by atoms with E-state index in [1.165, 1.54) is 31.1 Å². The lowest BCUT2D eigenvalue weighted by atomic mass is 10.1. The number of hydrogen-bond donors (Lipinski definition) is 0. The molecule has 82 valence electrons. The normalized spacial score (nSPS) is 15.4. The number of rotatable bonds is 6. The molecule has 0 amide bonds. The Balaban J connectivity index is 2.26. The summed E-state index contributed by atoms with van der Waals surface area (Å²) in [6.45, 7) is 2.65. The Morgan fingerprint density at radius 3 is 2.67 bits per heavy atom. The Bertz CT molecular complexity index is 300. The fraction of sp³-hybridized carbons (Fsp3) is 0.500. The Morgan fingerprint density at radius 1 is 1.13 bits per heavy atom. The number of ether oxygens (including phenoxy) is 1. The number of carbonyl (C=O) groups excluding carboxylic acids is 2. The second-order valence-electron chi connectivity index (χ2n) is 3.52. The van der Waals surface area contributed by atoms with Crippen molar-refractivity contribution in [3.63, 3.8) is 0 Å². The molecule has 3 heteroatoms. The first kappa shape index (κ1) is 11.7. The molecule has 0 bridgehead atoms. The molecule has 0 aromatic rings. The quantitative estimate of drug-likeness (QED) is 0.496. The maximum absolute atomic E-state index is 11.2. The maximum Gasteiger partial charge on any atom is 0.220 e. The lowest BCUT2D eigenvalue weighted by Crippen LogP contribution is -2.11. The molecule has 0 spiro atoms. The van der Waals surface area contributed by atoms with E-state index >= 15 is 0 Å². The van der Waals surface area contributed by atoms with Gasteiger partial charge in [-0.3, -0.25) is 9.59 Å². The second-order valence-corrected chi connectivity index (χ2v) is 3.52. The summed E-state index contributed by atoms with van der Waals surface area (Å²) in [6.07, 6.45) is 8.13. The van der Waals surface area contributed by atoms with Gasteiger partial charge in [0.1, 0.15) is 0 Å². The zero-order valence-electron chi connectivity index (χ0n) is 8.99. The highest BCUT2D eigenvalue weighted by molar-refractivity contribution is 6.16. The number of carbonyl (C=O) groups is 2. The van der Waals surface area contributed by atoms with Crippen LogP contribution in [0.4, 0.5) is 0 Å². The van der Waals surface area contributed by atoms with Gasteiger partial charge in [0, 0.05) is 6.08 Å². The first-order valence-electron chi connectivity index (χ1n) is 5.35. The Kier molecular flexibility index (Phi) is 4.81. The van der Waals surface area contributed by atoms with E-state index in [1.807, 2.05) is 0 Å². The molecule has 0 heterocycles. The monoisotopic (exact) mass is 208 g/mol. The number of allylic oxidation sites excluding steroid dienone is 3. The fourth-order valence-corrected chi connectivity index (χ4v) is 1.31. The van der Waals surface area contributed by atoms with Crippen molar-refractivity contribution < 1.29 is 14.3 Å². The van der Waals surface area contributed by atoms with Gasteiger partial charge in [-0.25, -0.2) is 0 Å². The van der Waals surface area contributed by atoms with Crippen molar-refractivity contribution in [2.24, 2.45) is 0 Å². The van der Waals surface area contributed by atoms with E-state index in [0.29, 0.717) is 6.61 Å². The summed E-state index contributed by atoms with van der Waals surface area (Å²) >= 11 is 0. The van der Waals surface area contributed by atoms with Crippen LogP contribution in [0.3, 0.4) is 0 Å². The van der Waals surface area contributed by atoms with Gasteiger partial charge in [0.05, 0.1) is 6.61 Å². The average molecular weight is 208 g/mol. The molecule has 0 aromatic heterocycles. The molecule has 0 aromatic carbocycles. The van der Waals surface area contributed by atoms with Crippen LogP contribution < -0.4 is 0 Å². The van der Waals surface area contributed by atoms with E-state index in [2.05, 4.69) is 6.92 Å². The minimum atomic E-state index is -0.218. The third-order valence-electron chi connectivity index (χ3n) is 2.17. The zero-order chi connectivity index (χ0) is 11.1. The van der Waals surface area contributed by atoms with Gasteiger partial charge < -0.3 is 4.74 Å². The molecule has 15 heavy (non-hydrogen) atoms. The Morgan fingerprint density at radius 2 is 1.93 bits per heavy atom. The van der Waals surface area contributed by atoms with Gasteiger partial charge in [-0.2, -0.15) is 0 Å². The molecular formula is C12H16O3. The zero-order valence-corrected chi connectivity index (χ0v) is 8.99. The highest BCUT2D eigenvalue weighted by Gasteiger charge is 2.13. The predicted molar refractivity (Wildman–Crippen MR) is 57.3 cm³/mol. The highest BCUT2D eigenvalue weighted by atomic mass is 16.5. The van der Waals surface area contributed by atoms with E-state index in [1.54, 1.807) is 0 Å². The van der Waals surface area contributed by atoms with Crippen molar-refractivity contribution >= 4 is 11.6 Å². The van der Waals surface area contributed by atoms with Crippen LogP contribution in [0.5, 0.6) is 0 Å². The van der Waals surface area contributed by atoms with Gasteiger partial charge in [-0.15, -0.1) is 0 Å². The molecule has 1 aliphatic carbocycles. The summed E-state index contributed by atoms with van der Waals surface area (Å²) in [6, 6.07) is 0. The van der Waals surface area contributed by atoms with Crippen molar-refractivity contribution in [1.82, 2.24) is 0 Å². The molecule has 1 aliphatic rings. The number of hydrogen-bond acceptors (Lipinski definition) is 3. The molecule has 0 radical (unpaired) electrons. The second kappa shape index (κ2) is 6.17. The lowest BCUT2D eigenvalue weighted by Gasteiger charge is -2.09. The van der Waals surface area contributed by atoms with Crippen LogP contribution in [0.2, 0.25) is 0 Å². The van der Waals surface area contributed by atoms with Crippen molar-refractivity contribution in [3.05, 3.63) is 24.0 Å². The van der Waals surface area contributed by atoms with Crippen LogP contribution in [0.1, 0.15) is 32.6 Å². The van der Waals surface area contributed by atoms with E-state index in [4.69, 9.17) is 4.74 Å². The van der Waals surface area contributed by atoms with Crippen molar-refractivity contribution in [1.29, 1.82) is 0 Å². The summed E-state index contributed by atoms with van der Waals surface area (Å²) in [7, 11) is 0. The smallest absolute Gasteiger partial charge is 0.220 e. The Hall–Kier alpha value is -1.38. The van der Waals surface area contributed by atoms with Gasteiger partial charge >= 0.3 is 0 Å². The maximum atomic E-state index is 11.2. The number of unbranched alkanes of at least 4 members (excludes halogenated alkanes) is 3. The van der Waals surface area contributed by atoms with E-state index in [-0.39, 0.29) is 17.3 Å². The summed E-state index contributed by atoms with van der Waals surface area (Å²) in [5.41, 5.74) is 0. The number of ketones is 2. The van der Waals surface area contributed by atoms with Gasteiger partial charge in [-0.1, -0.05) is 26.2 Å². The molecular weight excluding hydrogens is 192 g/mol. The van der Waals surface area contributed by atoms with Crippen molar-refractivity contribution in [3.8, 4) is 0 Å². The lowest BCUT2D eigenvalue weighted by molar-refractivity contribution is -0.117. The molecule has 0 atom stereocenters. The summed E-state index contributed by atoms with van der Waals surface area (Å²) in [5.74, 6) is -0.220. The van der Waals surface area contributed by atoms with E-state index < -0.39 is 0 Å². The topological polar surface area (TPSA) is 43.4 Å². The first-order valence-corrected chi connectivity index (χ1v) is 5.35. The molecule has 0 saturated carbocycles. The summed E-state index contributed by atoms with van der Waals surface area (Å²) in [5, 5.41) is 0. The predicted octanol–water partition coefficient (Wildman–Crippen LogP) is 2.18. The summed E-state index contributed by atoms with van der Waals surface area (Å²) in [4.78, 5) is 22.2. The molecule has 1 rings (SSSR count). The van der Waals surface area contributed by atoms with E-state index in [0.717, 1.165) is 12.8 Å². The van der Waals surface area contributed by atoms with Crippen LogP contribution >= 0.6 is 0 Å². The fourth-order valence-electron chi connectivity index (χ4n) is 1.31. The van der Waals surface area contributed by atoms with Crippen LogP contribution in [-0.2, 0) is 14.3 Å². The van der Waals surface area contributed by atoms with Gasteiger partial charge in [-0.05, 0) is 18.6 Å². The third kappa shape index (κ3) is 4.11. The minimum Gasteiger partial charge on any atom is -0.489 e. The average Bonchev–Trinajstić information content (AvgIpc) is 2.23. The van der Waals surface area contributed by atoms with Crippen molar-refractivity contribution in [2.75, 3.05) is 6.61 Å². The first-order chi connectivity index (χ1) is 7.24. The van der Waals surface area contributed by atoms with Crippen LogP contribution in [0.15, 0.2) is 24.0 Å². The van der Waals surface area contributed by atoms with Crippen LogP contribution in [0.25, 0.3) is 0 Å². The van der Waals surface area contributed by atoms with Gasteiger partial charge in [0.25, 0.3) is 0 Å². The Labute approximate surface area is 89.8 Å². The third-order valence-corrected chi connectivity index (χ3v) is 2.17. The molecule has 0 fully saturated rings. The van der Waals surface area contributed by atoms with E-state index in [9.17, 15) is 9.59 Å². The molecule has 0 unspecified atom stereocenters. The van der Waals surface area contributed by atoms with Crippen LogP contribution in [-0.4, -0.2) is 18.2 Å². The van der Waals surface area contributed by atoms with Crippen molar-refractivity contribution in [2.45, 2.75) is 32.6 Å². The molecule has 0 N–H and O–H groups in total. The molecule has 0 saturated heterocycles. The van der Waals surface area contributed by atoms with Gasteiger partial charge in [0.2, 0.25) is 5.78 Å². The highest BCUT2D eigenvalue weighted by Crippen LogP contribution is 2.08. The standard InChI is InChI=1S/C12H16O3/c1-2-3-4-5-8-15-12-9-10(13)6-7-11(12)14/h6-7,9H,2-5,8H2,1H3. The molecule has 3 nitrogen and oxygen atoms in total. The van der Waals surface area contributed by atoms with Gasteiger partial charge in [0.15, 0.2) is 11.5 Å². The SMILES string of the molecule is CCCCCCOC1=CC(=O)C=CC1=O. The molecule has 0 aliphatic heterocycles.